The molecule has 15 heavy (non-hydrogen) atoms. The Morgan fingerprint density at radius 2 is 1.80 bits per heavy atom. The van der Waals surface area contributed by atoms with E-state index in [9.17, 15) is 8.42 Å². The predicted octanol–water partition coefficient (Wildman–Crippen LogP) is -0.785. The third-order valence-corrected chi connectivity index (χ3v) is 2.85. The Morgan fingerprint density at radius 1 is 1.07 bits per heavy atom. The van der Waals surface area contributed by atoms with Crippen molar-refractivity contribution in [1.82, 2.24) is 5.32 Å². The first-order chi connectivity index (χ1) is 7.12. The summed E-state index contributed by atoms with van der Waals surface area (Å²) in [5.74, 6) is -0.0262. The van der Waals surface area contributed by atoms with Gasteiger partial charge in [-0.15, -0.1) is 0 Å². The second-order valence-electron chi connectivity index (χ2n) is 2.78. The van der Waals surface area contributed by atoms with Gasteiger partial charge in [0.1, 0.15) is 0 Å². The first-order valence-electron chi connectivity index (χ1n) is 4.68. The number of hydrogen-bond donors (Lipinski definition) is 1. The Hall–Kier alpha value is -0.210. The molecule has 92 valence electrons. The van der Waals surface area contributed by atoms with Crippen molar-refractivity contribution < 1.29 is 22.1 Å². The van der Waals surface area contributed by atoms with Gasteiger partial charge in [0.2, 0.25) is 0 Å². The molecule has 0 unspecified atom stereocenters. The molecule has 7 heteroatoms. The molecule has 0 atom stereocenters. The van der Waals surface area contributed by atoms with Crippen LogP contribution in [0.25, 0.3) is 0 Å². The number of rotatable bonds is 10. The van der Waals surface area contributed by atoms with Crippen LogP contribution in [0.4, 0.5) is 0 Å². The third kappa shape index (κ3) is 10.1. The van der Waals surface area contributed by atoms with Gasteiger partial charge in [-0.25, -0.2) is 0 Å². The first-order valence-corrected chi connectivity index (χ1v) is 6.26. The summed E-state index contributed by atoms with van der Waals surface area (Å²) in [5.41, 5.74) is 0. The molecule has 0 radical (unpaired) electrons. The van der Waals surface area contributed by atoms with Gasteiger partial charge in [0.05, 0.1) is 32.7 Å². The van der Waals surface area contributed by atoms with Crippen LogP contribution in [0.5, 0.6) is 0 Å². The van der Waals surface area contributed by atoms with Crippen LogP contribution in [-0.2, 0) is 23.8 Å². The van der Waals surface area contributed by atoms with Gasteiger partial charge in [0.25, 0.3) is 10.1 Å². The van der Waals surface area contributed by atoms with E-state index in [1.807, 2.05) is 0 Å². The van der Waals surface area contributed by atoms with E-state index in [4.69, 9.17) is 9.47 Å². The van der Waals surface area contributed by atoms with Gasteiger partial charge < -0.3 is 14.8 Å². The number of hydrogen-bond acceptors (Lipinski definition) is 6. The van der Waals surface area contributed by atoms with Crippen LogP contribution in [0.3, 0.4) is 0 Å². The van der Waals surface area contributed by atoms with Crippen molar-refractivity contribution in [3.63, 3.8) is 0 Å². The van der Waals surface area contributed by atoms with Crippen molar-refractivity contribution in [2.24, 2.45) is 0 Å². The molecule has 0 aliphatic rings. The van der Waals surface area contributed by atoms with Crippen LogP contribution < -0.4 is 5.32 Å². The van der Waals surface area contributed by atoms with E-state index >= 15 is 0 Å². The van der Waals surface area contributed by atoms with Crippen molar-refractivity contribution in [2.75, 3.05) is 52.9 Å². The second-order valence-corrected chi connectivity index (χ2v) is 4.64. The average Bonchev–Trinajstić information content (AvgIpc) is 2.22. The summed E-state index contributed by atoms with van der Waals surface area (Å²) in [7, 11) is -0.580. The molecule has 0 spiro atoms. The standard InChI is InChI=1S/C8H19NO5S/c1-12-6-7-14-5-3-9-4-8-15(10,11)13-2/h9H,3-8H2,1-2H3. The fraction of sp³-hybridized carbons (Fsp3) is 1.00. The number of methoxy groups -OCH3 is 1. The van der Waals surface area contributed by atoms with Crippen LogP contribution in [0, 0.1) is 0 Å². The average molecular weight is 241 g/mol. The Labute approximate surface area is 91.0 Å². The highest BCUT2D eigenvalue weighted by molar-refractivity contribution is 7.86. The Morgan fingerprint density at radius 3 is 2.40 bits per heavy atom. The summed E-state index contributed by atoms with van der Waals surface area (Å²) in [6.07, 6.45) is 0. The monoisotopic (exact) mass is 241 g/mol. The summed E-state index contributed by atoms with van der Waals surface area (Å²) in [6, 6.07) is 0. The highest BCUT2D eigenvalue weighted by Crippen LogP contribution is 1.87. The minimum atomic E-state index is -3.34. The van der Waals surface area contributed by atoms with Crippen molar-refractivity contribution in [2.45, 2.75) is 0 Å². The minimum Gasteiger partial charge on any atom is -0.382 e. The maximum absolute atomic E-state index is 10.9. The molecule has 0 aliphatic heterocycles. The van der Waals surface area contributed by atoms with Gasteiger partial charge in [0, 0.05) is 20.2 Å². The van der Waals surface area contributed by atoms with E-state index in [1.54, 1.807) is 7.11 Å². The second kappa shape index (κ2) is 9.05. The Kier molecular flexibility index (Phi) is 8.92. The van der Waals surface area contributed by atoms with Gasteiger partial charge in [-0.3, -0.25) is 4.18 Å². The summed E-state index contributed by atoms with van der Waals surface area (Å²) in [6.45, 7) is 2.63. The van der Waals surface area contributed by atoms with E-state index < -0.39 is 10.1 Å². The van der Waals surface area contributed by atoms with Crippen molar-refractivity contribution in [3.05, 3.63) is 0 Å². The molecule has 0 heterocycles. The molecular weight excluding hydrogens is 222 g/mol. The number of ether oxygens (including phenoxy) is 2. The molecule has 0 fully saturated rings. The molecule has 0 amide bonds. The topological polar surface area (TPSA) is 73.9 Å². The van der Waals surface area contributed by atoms with Crippen LogP contribution in [0.2, 0.25) is 0 Å². The van der Waals surface area contributed by atoms with E-state index in [-0.39, 0.29) is 5.75 Å². The summed E-state index contributed by atoms with van der Waals surface area (Å²) in [4.78, 5) is 0. The molecule has 1 N–H and O–H groups in total. The normalized spacial score (nSPS) is 11.9. The Bertz CT molecular complexity index is 229. The van der Waals surface area contributed by atoms with Crippen molar-refractivity contribution >= 4 is 10.1 Å². The van der Waals surface area contributed by atoms with Gasteiger partial charge in [0.15, 0.2) is 0 Å². The van der Waals surface area contributed by atoms with Gasteiger partial charge in [-0.1, -0.05) is 0 Å². The zero-order valence-corrected chi connectivity index (χ0v) is 10.0. The van der Waals surface area contributed by atoms with Crippen molar-refractivity contribution in [3.8, 4) is 0 Å². The lowest BCUT2D eigenvalue weighted by Crippen LogP contribution is -2.27. The largest absolute Gasteiger partial charge is 0.382 e. The zero-order valence-electron chi connectivity index (χ0n) is 9.19. The summed E-state index contributed by atoms with van der Waals surface area (Å²) in [5, 5.41) is 2.93. The Balaban J connectivity index is 3.19. The van der Waals surface area contributed by atoms with Gasteiger partial charge in [-0.2, -0.15) is 8.42 Å². The van der Waals surface area contributed by atoms with Gasteiger partial charge >= 0.3 is 0 Å². The molecule has 0 rings (SSSR count). The first kappa shape index (κ1) is 14.8. The maximum atomic E-state index is 10.9. The predicted molar refractivity (Wildman–Crippen MR) is 56.4 cm³/mol. The summed E-state index contributed by atoms with van der Waals surface area (Å²) < 4.78 is 36.0. The molecular formula is C8H19NO5S. The molecule has 0 saturated heterocycles. The molecule has 0 aromatic heterocycles. The van der Waals surface area contributed by atoms with E-state index in [0.29, 0.717) is 32.9 Å². The quantitative estimate of drug-likeness (QED) is 0.399. The van der Waals surface area contributed by atoms with E-state index in [2.05, 4.69) is 9.50 Å². The highest BCUT2D eigenvalue weighted by atomic mass is 32.2. The van der Waals surface area contributed by atoms with Crippen LogP contribution >= 0.6 is 0 Å². The highest BCUT2D eigenvalue weighted by Gasteiger charge is 2.06. The lowest BCUT2D eigenvalue weighted by atomic mass is 10.6. The van der Waals surface area contributed by atoms with E-state index in [0.717, 1.165) is 7.11 Å². The minimum absolute atomic E-state index is 0.0262. The number of nitrogens with one attached hydrogen (secondary N) is 1. The molecule has 0 aromatic rings. The van der Waals surface area contributed by atoms with Crippen LogP contribution in [-0.4, -0.2) is 61.3 Å². The fourth-order valence-corrected chi connectivity index (χ4v) is 1.36. The summed E-state index contributed by atoms with van der Waals surface area (Å²) >= 11 is 0. The molecule has 0 saturated carbocycles. The molecule has 0 aromatic carbocycles. The molecule has 0 aliphatic carbocycles. The van der Waals surface area contributed by atoms with Crippen LogP contribution in [0.15, 0.2) is 0 Å². The maximum Gasteiger partial charge on any atom is 0.268 e. The lowest BCUT2D eigenvalue weighted by Gasteiger charge is -2.05. The molecule has 0 bridgehead atoms. The SMILES string of the molecule is COCCOCCNCCS(=O)(=O)OC. The third-order valence-electron chi connectivity index (χ3n) is 1.64. The fourth-order valence-electron chi connectivity index (χ4n) is 0.794. The van der Waals surface area contributed by atoms with Crippen molar-refractivity contribution in [1.29, 1.82) is 0 Å². The smallest absolute Gasteiger partial charge is 0.268 e. The van der Waals surface area contributed by atoms with Gasteiger partial charge in [-0.05, 0) is 0 Å². The van der Waals surface area contributed by atoms with E-state index in [1.165, 1.54) is 0 Å². The zero-order chi connectivity index (χ0) is 11.6. The molecule has 6 nitrogen and oxygen atoms in total. The van der Waals surface area contributed by atoms with Crippen LogP contribution in [0.1, 0.15) is 0 Å². The lowest BCUT2D eigenvalue weighted by molar-refractivity contribution is 0.0722.